The summed E-state index contributed by atoms with van der Waals surface area (Å²) < 4.78 is 21.5. The van der Waals surface area contributed by atoms with Gasteiger partial charge in [-0.3, -0.25) is 9.69 Å². The fraction of sp³-hybridized carbons (Fsp3) is 0.316. The minimum atomic E-state index is -1.04. The Bertz CT molecular complexity index is 1690. The maximum Gasteiger partial charge on any atom is 0.408 e. The Morgan fingerprint density at radius 2 is 1.48 bits per heavy atom. The zero-order valence-electron chi connectivity index (χ0n) is 26.1. The van der Waals surface area contributed by atoms with Crippen LogP contribution in [0.25, 0.3) is 11.1 Å². The number of hydrogen-bond donors (Lipinski definition) is 2. The zero-order chi connectivity index (χ0) is 32.6. The Balaban J connectivity index is 1.29. The Hall–Kier alpha value is -4.20. The number of halogens is 2. The predicted octanol–water partition coefficient (Wildman–Crippen LogP) is 8.42. The highest BCUT2D eigenvalue weighted by atomic mass is 35.5. The predicted molar refractivity (Wildman–Crippen MR) is 178 cm³/mol. The molecule has 1 amide bonds. The second-order valence-electron chi connectivity index (χ2n) is 13.4. The molecule has 2 aliphatic rings. The van der Waals surface area contributed by atoms with Gasteiger partial charge in [0.1, 0.15) is 18.5 Å². The molecule has 1 aliphatic heterocycles. The van der Waals surface area contributed by atoms with Gasteiger partial charge in [-0.15, -0.1) is 0 Å². The van der Waals surface area contributed by atoms with E-state index < -0.39 is 41.8 Å². The molecule has 0 saturated carbocycles. The summed E-state index contributed by atoms with van der Waals surface area (Å²) in [6, 6.07) is 28.7. The Kier molecular flexibility index (Phi) is 8.90. The standard InChI is InChI=1S/C38H38ClFN2O4/c1-38(2,3)20-32-34(29-18-17-24(39)19-31(29)40)33(23-11-5-4-6-12-23)35(36(43)44)42(32)22-41-37(45)46-21-30-27-15-9-7-13-25(27)26-14-8-10-16-28(26)30/h4-19,30,32-35H,20-22H2,1-3H3,(H,41,45)(H,43,44). The van der Waals surface area contributed by atoms with E-state index in [9.17, 15) is 14.7 Å². The molecule has 6 nitrogen and oxygen atoms in total. The summed E-state index contributed by atoms with van der Waals surface area (Å²) in [5.41, 5.74) is 5.43. The van der Waals surface area contributed by atoms with Crippen LogP contribution in [0.1, 0.15) is 67.2 Å². The molecule has 8 heteroatoms. The number of aliphatic carboxylic acids is 1. The van der Waals surface area contributed by atoms with Crippen molar-refractivity contribution in [2.24, 2.45) is 5.41 Å². The highest BCUT2D eigenvalue weighted by molar-refractivity contribution is 6.30. The van der Waals surface area contributed by atoms with Crippen LogP contribution in [0.4, 0.5) is 9.18 Å². The SMILES string of the molecule is CC(C)(C)CC1C(c2ccc(Cl)cc2F)C(c2ccccc2)C(C(=O)O)N1CNC(=O)OCC1c2ccccc2-c2ccccc21. The minimum absolute atomic E-state index is 0.0799. The summed E-state index contributed by atoms with van der Waals surface area (Å²) in [5.74, 6) is -2.74. The first kappa shape index (κ1) is 31.8. The van der Waals surface area contributed by atoms with E-state index in [0.717, 1.165) is 27.8 Å². The first-order valence-corrected chi connectivity index (χ1v) is 16.0. The molecular formula is C38H38ClFN2O4. The lowest BCUT2D eigenvalue weighted by Crippen LogP contribution is -2.49. The van der Waals surface area contributed by atoms with E-state index in [2.05, 4.69) is 50.4 Å². The van der Waals surface area contributed by atoms with Gasteiger partial charge in [-0.05, 0) is 57.3 Å². The van der Waals surface area contributed by atoms with E-state index in [1.54, 1.807) is 17.0 Å². The molecular weight excluding hydrogens is 603 g/mol. The lowest BCUT2D eigenvalue weighted by atomic mass is 9.74. The van der Waals surface area contributed by atoms with E-state index in [4.69, 9.17) is 16.3 Å². The van der Waals surface area contributed by atoms with Crippen molar-refractivity contribution in [3.8, 4) is 11.1 Å². The van der Waals surface area contributed by atoms with Gasteiger partial charge in [0.2, 0.25) is 0 Å². The molecule has 1 heterocycles. The van der Waals surface area contributed by atoms with Crippen LogP contribution in [0.5, 0.6) is 0 Å². The summed E-state index contributed by atoms with van der Waals surface area (Å²) in [5, 5.41) is 13.8. The number of carboxylic acid groups (broad SMARTS) is 1. The molecule has 2 N–H and O–H groups in total. The number of rotatable bonds is 8. The average molecular weight is 641 g/mol. The first-order valence-electron chi connectivity index (χ1n) is 15.6. The molecule has 238 valence electrons. The van der Waals surface area contributed by atoms with Crippen molar-refractivity contribution in [1.82, 2.24) is 10.2 Å². The Morgan fingerprint density at radius 1 is 0.870 bits per heavy atom. The third-order valence-electron chi connectivity index (χ3n) is 9.26. The smallest absolute Gasteiger partial charge is 0.408 e. The van der Waals surface area contributed by atoms with Gasteiger partial charge in [0.25, 0.3) is 0 Å². The average Bonchev–Trinajstić information content (AvgIpc) is 3.51. The highest BCUT2D eigenvalue weighted by Gasteiger charge is 2.54. The number of likely N-dealkylation sites (tertiary alicyclic amines) is 1. The number of amides is 1. The van der Waals surface area contributed by atoms with Crippen LogP contribution in [0.15, 0.2) is 97.1 Å². The second kappa shape index (κ2) is 12.9. The van der Waals surface area contributed by atoms with Gasteiger partial charge in [0, 0.05) is 28.8 Å². The number of benzene rings is 4. The molecule has 0 spiro atoms. The third kappa shape index (κ3) is 6.26. The molecule has 46 heavy (non-hydrogen) atoms. The number of carboxylic acids is 1. The molecule has 6 rings (SSSR count). The van der Waals surface area contributed by atoms with Gasteiger partial charge in [0.15, 0.2) is 0 Å². The third-order valence-corrected chi connectivity index (χ3v) is 9.49. The number of fused-ring (bicyclic) bond motifs is 3. The molecule has 0 aromatic heterocycles. The molecule has 0 radical (unpaired) electrons. The number of carbonyl (C=O) groups excluding carboxylic acids is 1. The number of nitrogens with zero attached hydrogens (tertiary/aromatic N) is 1. The van der Waals surface area contributed by atoms with E-state index in [1.807, 2.05) is 54.6 Å². The molecule has 4 atom stereocenters. The highest BCUT2D eigenvalue weighted by Crippen LogP contribution is 2.51. The second-order valence-corrected chi connectivity index (χ2v) is 13.9. The van der Waals surface area contributed by atoms with Crippen LogP contribution < -0.4 is 5.32 Å². The van der Waals surface area contributed by atoms with Crippen molar-refractivity contribution in [2.75, 3.05) is 13.3 Å². The fourth-order valence-corrected chi connectivity index (χ4v) is 7.64. The number of ether oxygens (including phenoxy) is 1. The van der Waals surface area contributed by atoms with Crippen LogP contribution in [0.3, 0.4) is 0 Å². The number of alkyl carbamates (subject to hydrolysis) is 1. The van der Waals surface area contributed by atoms with Crippen LogP contribution >= 0.6 is 11.6 Å². The topological polar surface area (TPSA) is 78.9 Å². The first-order chi connectivity index (χ1) is 22.0. The lowest BCUT2D eigenvalue weighted by Gasteiger charge is -2.34. The fourth-order valence-electron chi connectivity index (χ4n) is 7.48. The molecule has 0 bridgehead atoms. The molecule has 4 unspecified atom stereocenters. The number of carbonyl (C=O) groups is 2. The normalized spacial score (nSPS) is 21.1. The maximum atomic E-state index is 15.7. The number of hydrogen-bond acceptors (Lipinski definition) is 4. The van der Waals surface area contributed by atoms with Gasteiger partial charge >= 0.3 is 12.1 Å². The van der Waals surface area contributed by atoms with Crippen molar-refractivity contribution < 1.29 is 23.8 Å². The Morgan fingerprint density at radius 3 is 2.07 bits per heavy atom. The van der Waals surface area contributed by atoms with E-state index >= 15 is 4.39 Å². The Labute approximate surface area is 274 Å². The summed E-state index contributed by atoms with van der Waals surface area (Å²) in [7, 11) is 0. The summed E-state index contributed by atoms with van der Waals surface area (Å²) in [6.45, 7) is 6.28. The van der Waals surface area contributed by atoms with E-state index in [1.165, 1.54) is 6.07 Å². The van der Waals surface area contributed by atoms with Crippen molar-refractivity contribution in [2.45, 2.75) is 57.0 Å². The zero-order valence-corrected chi connectivity index (χ0v) is 26.9. The van der Waals surface area contributed by atoms with Crippen molar-refractivity contribution in [3.05, 3.63) is 130 Å². The van der Waals surface area contributed by atoms with Crippen LogP contribution in [0.2, 0.25) is 5.02 Å². The van der Waals surface area contributed by atoms with Gasteiger partial charge in [-0.2, -0.15) is 0 Å². The lowest BCUT2D eigenvalue weighted by molar-refractivity contribution is -0.143. The van der Waals surface area contributed by atoms with Crippen molar-refractivity contribution in [3.63, 3.8) is 0 Å². The minimum Gasteiger partial charge on any atom is -0.480 e. The molecule has 4 aromatic rings. The van der Waals surface area contributed by atoms with Gasteiger partial charge in [-0.25, -0.2) is 9.18 Å². The number of nitrogens with one attached hydrogen (secondary N) is 1. The van der Waals surface area contributed by atoms with Crippen LogP contribution in [0, 0.1) is 11.2 Å². The van der Waals surface area contributed by atoms with Crippen LogP contribution in [-0.4, -0.2) is 47.4 Å². The molecule has 1 aliphatic carbocycles. The molecule has 1 fully saturated rings. The summed E-state index contributed by atoms with van der Waals surface area (Å²) in [6.07, 6.45) is -0.0861. The summed E-state index contributed by atoms with van der Waals surface area (Å²) in [4.78, 5) is 28.2. The monoisotopic (exact) mass is 640 g/mol. The van der Waals surface area contributed by atoms with E-state index in [0.29, 0.717) is 12.0 Å². The molecule has 4 aromatic carbocycles. The van der Waals surface area contributed by atoms with Gasteiger partial charge in [0.05, 0.1) is 6.67 Å². The van der Waals surface area contributed by atoms with Gasteiger partial charge < -0.3 is 15.2 Å². The van der Waals surface area contributed by atoms with Crippen LogP contribution in [-0.2, 0) is 9.53 Å². The van der Waals surface area contributed by atoms with E-state index in [-0.39, 0.29) is 29.6 Å². The molecule has 1 saturated heterocycles. The maximum absolute atomic E-state index is 15.7. The van der Waals surface area contributed by atoms with Gasteiger partial charge in [-0.1, -0.05) is 117 Å². The summed E-state index contributed by atoms with van der Waals surface area (Å²) >= 11 is 6.14. The van der Waals surface area contributed by atoms with Crippen molar-refractivity contribution in [1.29, 1.82) is 0 Å². The largest absolute Gasteiger partial charge is 0.480 e. The quantitative estimate of drug-likeness (QED) is 0.202. The van der Waals surface area contributed by atoms with Crippen molar-refractivity contribution >= 4 is 23.7 Å².